The van der Waals surface area contributed by atoms with Crippen LogP contribution in [0.25, 0.3) is 0 Å². The predicted octanol–water partition coefficient (Wildman–Crippen LogP) is 2.27. The van der Waals surface area contributed by atoms with Crippen molar-refractivity contribution in [3.05, 3.63) is 30.3 Å². The van der Waals surface area contributed by atoms with Gasteiger partial charge < -0.3 is 4.74 Å². The zero-order valence-corrected chi connectivity index (χ0v) is 11.3. The summed E-state index contributed by atoms with van der Waals surface area (Å²) in [6.45, 7) is 0. The molecule has 0 aromatic heterocycles. The maximum Gasteiger partial charge on any atom is 0.184 e. The molecule has 2 saturated carbocycles. The van der Waals surface area contributed by atoms with Gasteiger partial charge in [0.05, 0.1) is 16.2 Å². The van der Waals surface area contributed by atoms with E-state index in [1.54, 1.807) is 31.4 Å². The summed E-state index contributed by atoms with van der Waals surface area (Å²) in [6, 6.07) is 8.78. The summed E-state index contributed by atoms with van der Waals surface area (Å²) in [7, 11) is -1.62. The Balaban J connectivity index is 1.99. The quantitative estimate of drug-likeness (QED) is 0.843. The van der Waals surface area contributed by atoms with Crippen LogP contribution in [0.15, 0.2) is 35.2 Å². The van der Waals surface area contributed by atoms with Crippen LogP contribution >= 0.6 is 0 Å². The van der Waals surface area contributed by atoms with Crippen molar-refractivity contribution in [3.63, 3.8) is 0 Å². The summed E-state index contributed by atoms with van der Waals surface area (Å²) < 4.78 is 30.9. The number of hydrogen-bond acceptors (Lipinski definition) is 3. The van der Waals surface area contributed by atoms with Gasteiger partial charge in [-0.3, -0.25) is 0 Å². The van der Waals surface area contributed by atoms with Crippen LogP contribution in [-0.2, 0) is 14.6 Å². The van der Waals surface area contributed by atoms with Gasteiger partial charge in [-0.2, -0.15) is 0 Å². The first-order valence-corrected chi connectivity index (χ1v) is 8.01. The average Bonchev–Trinajstić information content (AvgIpc) is 2.99. The number of methoxy groups -OCH3 is 1. The highest BCUT2D eigenvalue weighted by Crippen LogP contribution is 2.49. The Hall–Kier alpha value is -0.870. The van der Waals surface area contributed by atoms with E-state index in [4.69, 9.17) is 4.74 Å². The minimum absolute atomic E-state index is 0.117. The molecule has 0 amide bonds. The van der Waals surface area contributed by atoms with Gasteiger partial charge in [0, 0.05) is 7.11 Å². The molecule has 0 spiro atoms. The highest BCUT2D eigenvalue weighted by atomic mass is 32.2. The van der Waals surface area contributed by atoms with E-state index >= 15 is 0 Å². The lowest BCUT2D eigenvalue weighted by atomic mass is 9.97. The molecule has 4 atom stereocenters. The second kappa shape index (κ2) is 4.35. The van der Waals surface area contributed by atoms with E-state index in [0.29, 0.717) is 10.8 Å². The van der Waals surface area contributed by atoms with Crippen molar-refractivity contribution in [2.75, 3.05) is 7.11 Å². The average molecular weight is 266 g/mol. The van der Waals surface area contributed by atoms with E-state index in [1.165, 1.54) is 0 Å². The van der Waals surface area contributed by atoms with Gasteiger partial charge in [-0.1, -0.05) is 18.2 Å². The summed E-state index contributed by atoms with van der Waals surface area (Å²) in [5.41, 5.74) is 0. The normalized spacial score (nSPS) is 34.9. The molecule has 1 aromatic rings. The molecule has 3 rings (SSSR count). The van der Waals surface area contributed by atoms with Gasteiger partial charge in [-0.25, -0.2) is 8.42 Å². The molecule has 18 heavy (non-hydrogen) atoms. The lowest BCUT2D eigenvalue weighted by Crippen LogP contribution is -2.40. The SMILES string of the molecule is CO[C@H]1[C@H]2CC[C@H](C2)[C@H]1S(=O)(=O)c1ccccc1. The fourth-order valence-corrected chi connectivity index (χ4v) is 6.00. The van der Waals surface area contributed by atoms with E-state index in [1.807, 2.05) is 6.07 Å². The van der Waals surface area contributed by atoms with Crippen LogP contribution in [0.5, 0.6) is 0 Å². The zero-order valence-electron chi connectivity index (χ0n) is 10.5. The second-order valence-electron chi connectivity index (χ2n) is 5.36. The van der Waals surface area contributed by atoms with Crippen LogP contribution in [0.3, 0.4) is 0 Å². The van der Waals surface area contributed by atoms with Crippen molar-refractivity contribution < 1.29 is 13.2 Å². The Morgan fingerprint density at radius 3 is 2.44 bits per heavy atom. The van der Waals surface area contributed by atoms with Crippen LogP contribution in [0.1, 0.15) is 19.3 Å². The Morgan fingerprint density at radius 2 is 1.78 bits per heavy atom. The molecule has 0 unspecified atom stereocenters. The third-order valence-electron chi connectivity index (χ3n) is 4.47. The first kappa shape index (κ1) is 12.2. The third-order valence-corrected chi connectivity index (χ3v) is 6.77. The third kappa shape index (κ3) is 1.70. The molecule has 2 bridgehead atoms. The second-order valence-corrected chi connectivity index (χ2v) is 7.46. The fraction of sp³-hybridized carbons (Fsp3) is 0.571. The van der Waals surface area contributed by atoms with Gasteiger partial charge in [-0.05, 0) is 43.2 Å². The molecular formula is C14H18O3S. The molecular weight excluding hydrogens is 248 g/mol. The number of rotatable bonds is 3. The zero-order chi connectivity index (χ0) is 12.8. The van der Waals surface area contributed by atoms with Gasteiger partial charge in [0.25, 0.3) is 0 Å². The van der Waals surface area contributed by atoms with E-state index in [9.17, 15) is 8.42 Å². The minimum Gasteiger partial charge on any atom is -0.380 e. The molecule has 0 heterocycles. The van der Waals surface area contributed by atoms with E-state index in [2.05, 4.69) is 0 Å². The number of benzene rings is 1. The number of fused-ring (bicyclic) bond motifs is 2. The summed E-state index contributed by atoms with van der Waals surface area (Å²) in [4.78, 5) is 0.435. The number of sulfone groups is 1. The summed E-state index contributed by atoms with van der Waals surface area (Å²) >= 11 is 0. The largest absolute Gasteiger partial charge is 0.380 e. The Morgan fingerprint density at radius 1 is 1.11 bits per heavy atom. The fourth-order valence-electron chi connectivity index (χ4n) is 3.71. The van der Waals surface area contributed by atoms with Crippen molar-refractivity contribution in [3.8, 4) is 0 Å². The van der Waals surface area contributed by atoms with E-state index in [-0.39, 0.29) is 17.3 Å². The first-order valence-electron chi connectivity index (χ1n) is 6.46. The molecule has 0 radical (unpaired) electrons. The molecule has 2 aliphatic carbocycles. The molecule has 2 aliphatic rings. The molecule has 98 valence electrons. The smallest absolute Gasteiger partial charge is 0.184 e. The van der Waals surface area contributed by atoms with Crippen molar-refractivity contribution in [2.45, 2.75) is 35.5 Å². The number of hydrogen-bond donors (Lipinski definition) is 0. The van der Waals surface area contributed by atoms with Crippen molar-refractivity contribution in [1.29, 1.82) is 0 Å². The molecule has 0 N–H and O–H groups in total. The molecule has 0 saturated heterocycles. The lowest BCUT2D eigenvalue weighted by Gasteiger charge is -2.29. The highest BCUT2D eigenvalue weighted by molar-refractivity contribution is 7.92. The van der Waals surface area contributed by atoms with Crippen LogP contribution in [0.2, 0.25) is 0 Å². The summed E-state index contributed by atoms with van der Waals surface area (Å²) in [6.07, 6.45) is 3.04. The van der Waals surface area contributed by atoms with E-state index in [0.717, 1.165) is 19.3 Å². The Labute approximate surface area is 108 Å². The van der Waals surface area contributed by atoms with Crippen molar-refractivity contribution in [2.24, 2.45) is 11.8 Å². The van der Waals surface area contributed by atoms with E-state index < -0.39 is 9.84 Å². The minimum atomic E-state index is -3.26. The first-order chi connectivity index (χ1) is 8.64. The van der Waals surface area contributed by atoms with Crippen LogP contribution in [0, 0.1) is 11.8 Å². The van der Waals surface area contributed by atoms with Crippen LogP contribution < -0.4 is 0 Å². The van der Waals surface area contributed by atoms with Gasteiger partial charge in [0.15, 0.2) is 9.84 Å². The van der Waals surface area contributed by atoms with Crippen molar-refractivity contribution >= 4 is 9.84 Å². The maximum atomic E-state index is 12.7. The van der Waals surface area contributed by atoms with Gasteiger partial charge in [0.2, 0.25) is 0 Å². The van der Waals surface area contributed by atoms with Gasteiger partial charge in [-0.15, -0.1) is 0 Å². The predicted molar refractivity (Wildman–Crippen MR) is 69.0 cm³/mol. The monoisotopic (exact) mass is 266 g/mol. The topological polar surface area (TPSA) is 43.4 Å². The maximum absolute atomic E-state index is 12.7. The van der Waals surface area contributed by atoms with Gasteiger partial charge >= 0.3 is 0 Å². The number of ether oxygens (including phenoxy) is 1. The Kier molecular flexibility index (Phi) is 2.94. The Bertz CT molecular complexity index is 523. The molecule has 4 heteroatoms. The molecule has 0 aliphatic heterocycles. The lowest BCUT2D eigenvalue weighted by molar-refractivity contribution is 0.0597. The van der Waals surface area contributed by atoms with Crippen LogP contribution in [0.4, 0.5) is 0 Å². The van der Waals surface area contributed by atoms with Crippen molar-refractivity contribution in [1.82, 2.24) is 0 Å². The molecule has 2 fully saturated rings. The standard InChI is InChI=1S/C14H18O3S/c1-17-13-10-7-8-11(9-10)14(13)18(15,16)12-5-3-2-4-6-12/h2-6,10-11,13-14H,7-9H2,1H3/t10-,11+,13-,14+/m0/s1. The highest BCUT2D eigenvalue weighted by Gasteiger charge is 2.53. The summed E-state index contributed by atoms with van der Waals surface area (Å²) in [5.74, 6) is 0.716. The molecule has 1 aromatic carbocycles. The van der Waals surface area contributed by atoms with Crippen LogP contribution in [-0.4, -0.2) is 26.9 Å². The summed E-state index contributed by atoms with van der Waals surface area (Å²) in [5, 5.41) is -0.344. The van der Waals surface area contributed by atoms with Gasteiger partial charge in [0.1, 0.15) is 0 Å². The molecule has 3 nitrogen and oxygen atoms in total.